The summed E-state index contributed by atoms with van der Waals surface area (Å²) in [7, 11) is -4.17. The number of amides is 1. The lowest BCUT2D eigenvalue weighted by Gasteiger charge is -2.22. The third-order valence-corrected chi connectivity index (χ3v) is 6.23. The highest BCUT2D eigenvalue weighted by Gasteiger charge is 2.29. The van der Waals surface area contributed by atoms with Gasteiger partial charge in [-0.2, -0.15) is 4.72 Å². The van der Waals surface area contributed by atoms with Crippen molar-refractivity contribution in [3.8, 4) is 0 Å². The first-order chi connectivity index (χ1) is 14.3. The van der Waals surface area contributed by atoms with E-state index in [2.05, 4.69) is 15.0 Å². The van der Waals surface area contributed by atoms with Crippen LogP contribution in [0.15, 0.2) is 59.8 Å². The third kappa shape index (κ3) is 5.03. The van der Waals surface area contributed by atoms with E-state index in [1.165, 1.54) is 18.2 Å². The quantitative estimate of drug-likeness (QED) is 0.509. The summed E-state index contributed by atoms with van der Waals surface area (Å²) in [6.07, 6.45) is 2.41. The second-order valence-electron chi connectivity index (χ2n) is 7.34. The third-order valence-electron chi connectivity index (χ3n) is 4.76. The smallest absolute Gasteiger partial charge is 0.244 e. The number of sulfonamides is 1. The van der Waals surface area contributed by atoms with Crippen LogP contribution in [0.25, 0.3) is 11.0 Å². The summed E-state index contributed by atoms with van der Waals surface area (Å²) >= 11 is 0. The highest BCUT2D eigenvalue weighted by molar-refractivity contribution is 7.89. The molecule has 30 heavy (non-hydrogen) atoms. The number of aryl methyl sites for hydroxylation is 1. The fraction of sp³-hybridized carbons (Fsp3) is 0.333. The van der Waals surface area contributed by atoms with Crippen LogP contribution in [0.5, 0.6) is 0 Å². The van der Waals surface area contributed by atoms with Crippen molar-refractivity contribution in [3.63, 3.8) is 0 Å². The molecule has 2 aromatic carbocycles. The van der Waals surface area contributed by atoms with Crippen molar-refractivity contribution in [1.82, 2.24) is 19.6 Å². The maximum atomic E-state index is 13.9. The van der Waals surface area contributed by atoms with Crippen molar-refractivity contribution in [1.29, 1.82) is 0 Å². The molecular weight excluding hydrogens is 407 g/mol. The summed E-state index contributed by atoms with van der Waals surface area (Å²) in [5.74, 6) is -1.62. The van der Waals surface area contributed by atoms with Gasteiger partial charge in [0.15, 0.2) is 0 Å². The Morgan fingerprint density at radius 3 is 2.57 bits per heavy atom. The van der Waals surface area contributed by atoms with E-state index in [1.54, 1.807) is 20.2 Å². The first kappa shape index (κ1) is 21.9. The topological polar surface area (TPSA) is 93.1 Å². The number of nitrogens with zero attached hydrogens (tertiary/aromatic N) is 2. The van der Waals surface area contributed by atoms with Gasteiger partial charge < -0.3 is 9.88 Å². The minimum atomic E-state index is -4.17. The predicted octanol–water partition coefficient (Wildman–Crippen LogP) is 2.68. The Kier molecular flexibility index (Phi) is 6.84. The maximum Gasteiger partial charge on any atom is 0.244 e. The highest BCUT2D eigenvalue weighted by atomic mass is 32.2. The van der Waals surface area contributed by atoms with Gasteiger partial charge >= 0.3 is 0 Å². The van der Waals surface area contributed by atoms with Crippen molar-refractivity contribution in [3.05, 3.63) is 60.7 Å². The SMILES string of the molecule is CC(C)[C@H](NS(=O)(=O)c1ccccc1F)C(=O)NCCCn1cnc2ccccc21. The van der Waals surface area contributed by atoms with Crippen LogP contribution in [0.3, 0.4) is 0 Å². The van der Waals surface area contributed by atoms with Crippen LogP contribution in [0, 0.1) is 11.7 Å². The standard InChI is InChI=1S/C21H25FN4O3S/c1-15(2)20(25-30(28,29)19-11-6-3-8-16(19)22)21(27)23-12-7-13-26-14-24-17-9-4-5-10-18(17)26/h3-6,8-11,14-15,20,25H,7,12-13H2,1-2H3,(H,23,27)/t20-/m0/s1. The van der Waals surface area contributed by atoms with Crippen molar-refractivity contribution in [2.24, 2.45) is 5.92 Å². The van der Waals surface area contributed by atoms with Gasteiger partial charge in [-0.25, -0.2) is 17.8 Å². The lowest BCUT2D eigenvalue weighted by Crippen LogP contribution is -2.49. The van der Waals surface area contributed by atoms with Crippen molar-refractivity contribution < 1.29 is 17.6 Å². The van der Waals surface area contributed by atoms with Crippen LogP contribution in [0.4, 0.5) is 4.39 Å². The number of halogens is 1. The summed E-state index contributed by atoms with van der Waals surface area (Å²) < 4.78 is 43.3. The fourth-order valence-electron chi connectivity index (χ4n) is 3.15. The first-order valence-electron chi connectivity index (χ1n) is 9.74. The molecule has 0 saturated heterocycles. The predicted molar refractivity (Wildman–Crippen MR) is 113 cm³/mol. The number of carbonyl (C=O) groups excluding carboxylic acids is 1. The number of benzene rings is 2. The summed E-state index contributed by atoms with van der Waals surface area (Å²) in [4.78, 5) is 16.5. The average molecular weight is 433 g/mol. The second kappa shape index (κ2) is 9.36. The van der Waals surface area contributed by atoms with Crippen molar-refractivity contribution in [2.45, 2.75) is 37.8 Å². The summed E-state index contributed by atoms with van der Waals surface area (Å²) in [6.45, 7) is 4.49. The minimum absolute atomic E-state index is 0.316. The number of fused-ring (bicyclic) bond motifs is 1. The van der Waals surface area contributed by atoms with E-state index in [9.17, 15) is 17.6 Å². The monoisotopic (exact) mass is 432 g/mol. The molecule has 2 N–H and O–H groups in total. The lowest BCUT2D eigenvalue weighted by molar-refractivity contribution is -0.123. The van der Waals surface area contributed by atoms with Gasteiger partial charge in [0.2, 0.25) is 15.9 Å². The zero-order chi connectivity index (χ0) is 21.7. The van der Waals surface area contributed by atoms with E-state index in [1.807, 2.05) is 28.8 Å². The van der Waals surface area contributed by atoms with E-state index < -0.39 is 32.7 Å². The zero-order valence-corrected chi connectivity index (χ0v) is 17.7. The Hall–Kier alpha value is -2.78. The molecule has 7 nitrogen and oxygen atoms in total. The fourth-order valence-corrected chi connectivity index (χ4v) is 4.57. The molecule has 0 bridgehead atoms. The van der Waals surface area contributed by atoms with E-state index in [4.69, 9.17) is 0 Å². The number of hydrogen-bond acceptors (Lipinski definition) is 4. The lowest BCUT2D eigenvalue weighted by atomic mass is 10.1. The number of imidazole rings is 1. The molecule has 3 rings (SSSR count). The van der Waals surface area contributed by atoms with E-state index in [0.717, 1.165) is 17.1 Å². The van der Waals surface area contributed by atoms with Gasteiger partial charge in [-0.3, -0.25) is 4.79 Å². The van der Waals surface area contributed by atoms with Crippen LogP contribution in [0.1, 0.15) is 20.3 Å². The largest absolute Gasteiger partial charge is 0.355 e. The number of carbonyl (C=O) groups is 1. The maximum absolute atomic E-state index is 13.9. The van der Waals surface area contributed by atoms with Gasteiger partial charge in [0.05, 0.1) is 17.4 Å². The first-order valence-corrected chi connectivity index (χ1v) is 11.2. The normalized spacial score (nSPS) is 12.9. The number of hydrogen-bond donors (Lipinski definition) is 2. The van der Waals surface area contributed by atoms with Crippen LogP contribution in [-0.2, 0) is 21.4 Å². The molecule has 0 aliphatic heterocycles. The van der Waals surface area contributed by atoms with Gasteiger partial charge in [0.25, 0.3) is 0 Å². The van der Waals surface area contributed by atoms with Crippen LogP contribution < -0.4 is 10.0 Å². The van der Waals surface area contributed by atoms with Crippen LogP contribution >= 0.6 is 0 Å². The van der Waals surface area contributed by atoms with Gasteiger partial charge in [-0.1, -0.05) is 38.1 Å². The number of para-hydroxylation sites is 2. The summed E-state index contributed by atoms with van der Waals surface area (Å²) in [5.41, 5.74) is 1.92. The van der Waals surface area contributed by atoms with Crippen LogP contribution in [0.2, 0.25) is 0 Å². The molecule has 1 heterocycles. The molecular formula is C21H25FN4O3S. The number of nitrogens with one attached hydrogen (secondary N) is 2. The molecule has 0 unspecified atom stereocenters. The Balaban J connectivity index is 1.58. The van der Waals surface area contributed by atoms with Crippen LogP contribution in [-0.4, -0.2) is 36.5 Å². The molecule has 1 aromatic heterocycles. The second-order valence-corrected chi connectivity index (χ2v) is 9.03. The van der Waals surface area contributed by atoms with E-state index >= 15 is 0 Å². The number of rotatable bonds is 9. The molecule has 1 atom stereocenters. The van der Waals surface area contributed by atoms with Gasteiger partial charge in [0.1, 0.15) is 16.8 Å². The summed E-state index contributed by atoms with van der Waals surface area (Å²) in [5, 5.41) is 2.77. The van der Waals surface area contributed by atoms with E-state index in [-0.39, 0.29) is 5.92 Å². The Labute approximate surface area is 175 Å². The van der Waals surface area contributed by atoms with Crippen molar-refractivity contribution >= 4 is 27.0 Å². The molecule has 0 fully saturated rings. The molecule has 0 spiro atoms. The zero-order valence-electron chi connectivity index (χ0n) is 16.9. The highest BCUT2D eigenvalue weighted by Crippen LogP contribution is 2.16. The molecule has 0 radical (unpaired) electrons. The van der Waals surface area contributed by atoms with Gasteiger partial charge in [-0.05, 0) is 36.6 Å². The average Bonchev–Trinajstić information content (AvgIpc) is 3.12. The molecule has 9 heteroatoms. The molecule has 160 valence electrons. The van der Waals surface area contributed by atoms with Gasteiger partial charge in [-0.15, -0.1) is 0 Å². The molecule has 3 aromatic rings. The number of aromatic nitrogens is 2. The Morgan fingerprint density at radius 1 is 1.13 bits per heavy atom. The Morgan fingerprint density at radius 2 is 1.83 bits per heavy atom. The summed E-state index contributed by atoms with van der Waals surface area (Å²) in [6, 6.07) is 11.8. The minimum Gasteiger partial charge on any atom is -0.355 e. The van der Waals surface area contributed by atoms with E-state index in [0.29, 0.717) is 19.5 Å². The van der Waals surface area contributed by atoms with Crippen molar-refractivity contribution in [2.75, 3.05) is 6.54 Å². The molecule has 0 saturated carbocycles. The van der Waals surface area contributed by atoms with Gasteiger partial charge in [0, 0.05) is 13.1 Å². The Bertz CT molecular complexity index is 1130. The molecule has 0 aliphatic carbocycles. The molecule has 0 aliphatic rings. The molecule has 1 amide bonds.